The van der Waals surface area contributed by atoms with Crippen molar-refractivity contribution in [2.24, 2.45) is 4.99 Å². The third-order valence-electron chi connectivity index (χ3n) is 4.97. The normalized spacial score (nSPS) is 16.6. The Morgan fingerprint density at radius 1 is 1.27 bits per heavy atom. The van der Waals surface area contributed by atoms with E-state index in [9.17, 15) is 4.39 Å². The first-order valence-electron chi connectivity index (χ1n) is 9.64. The van der Waals surface area contributed by atoms with Gasteiger partial charge in [-0.1, -0.05) is 0 Å². The van der Waals surface area contributed by atoms with Crippen molar-refractivity contribution >= 4 is 28.3 Å². The topological polar surface area (TPSA) is 89.0 Å². The quantitative estimate of drug-likeness (QED) is 0.528. The van der Waals surface area contributed by atoms with Gasteiger partial charge in [0.25, 0.3) is 0 Å². The zero-order valence-corrected chi connectivity index (χ0v) is 17.0. The third-order valence-corrected chi connectivity index (χ3v) is 4.97. The Kier molecular flexibility index (Phi) is 4.04. The molecule has 0 bridgehead atoms. The number of hydrogen-bond donors (Lipinski definition) is 2. The Bertz CT molecular complexity index is 1310. The second-order valence-electron chi connectivity index (χ2n) is 7.89. The molecule has 154 valence electrons. The number of amidine groups is 1. The molecule has 0 unspecified atom stereocenters. The number of nitrogens with one attached hydrogen (secondary N) is 2. The number of aryl methyl sites for hydroxylation is 1. The van der Waals surface area contributed by atoms with Crippen LogP contribution in [0.15, 0.2) is 46.1 Å². The molecular weight excluding hydrogens is 387 g/mol. The van der Waals surface area contributed by atoms with Crippen LogP contribution >= 0.6 is 0 Å². The summed E-state index contributed by atoms with van der Waals surface area (Å²) < 4.78 is 21.6. The molecular formula is C21H21FN6O2. The fourth-order valence-corrected chi connectivity index (χ4v) is 3.61. The van der Waals surface area contributed by atoms with Crippen molar-refractivity contribution in [2.75, 3.05) is 5.32 Å². The maximum absolute atomic E-state index is 14.1. The van der Waals surface area contributed by atoms with Crippen LogP contribution in [0.3, 0.4) is 0 Å². The first-order valence-corrected chi connectivity index (χ1v) is 9.64. The Hall–Kier alpha value is -3.46. The first kappa shape index (κ1) is 18.6. The zero-order chi connectivity index (χ0) is 21.0. The predicted molar refractivity (Wildman–Crippen MR) is 111 cm³/mol. The van der Waals surface area contributed by atoms with Crippen molar-refractivity contribution in [3.63, 3.8) is 0 Å². The van der Waals surface area contributed by atoms with Crippen LogP contribution in [-0.2, 0) is 4.84 Å². The molecule has 4 heterocycles. The summed E-state index contributed by atoms with van der Waals surface area (Å²) in [6, 6.07) is 6.37. The Balaban J connectivity index is 1.50. The number of aromatic nitrogens is 3. The standard InChI is InChI=1S/C21H21FN6O2/c1-11-7-13-8-14(22)9-15(18(13)29-11)12(2)24-17-5-6-28-20(25-17)16(10-23-28)19-26-21(3,4)30-27-19/h5-10,12H,1-4H3,(H,24,25)(H,26,27)/t12-/m1/s1. The lowest BCUT2D eigenvalue weighted by atomic mass is 10.1. The molecule has 4 aromatic rings. The van der Waals surface area contributed by atoms with Gasteiger partial charge in [0.05, 0.1) is 17.8 Å². The highest BCUT2D eigenvalue weighted by molar-refractivity contribution is 6.03. The van der Waals surface area contributed by atoms with Crippen molar-refractivity contribution in [1.82, 2.24) is 20.1 Å². The highest BCUT2D eigenvalue weighted by Crippen LogP contribution is 2.30. The molecule has 30 heavy (non-hydrogen) atoms. The summed E-state index contributed by atoms with van der Waals surface area (Å²) in [7, 11) is 0. The number of rotatable bonds is 4. The Morgan fingerprint density at radius 3 is 2.87 bits per heavy atom. The molecule has 1 aromatic carbocycles. The van der Waals surface area contributed by atoms with E-state index in [4.69, 9.17) is 9.25 Å². The summed E-state index contributed by atoms with van der Waals surface area (Å²) in [5.74, 6) is 1.63. The van der Waals surface area contributed by atoms with Gasteiger partial charge < -0.3 is 9.73 Å². The molecule has 3 aromatic heterocycles. The van der Waals surface area contributed by atoms with Gasteiger partial charge in [0.2, 0.25) is 0 Å². The summed E-state index contributed by atoms with van der Waals surface area (Å²) >= 11 is 0. The highest BCUT2D eigenvalue weighted by atomic mass is 19.1. The van der Waals surface area contributed by atoms with Crippen LogP contribution in [0, 0.1) is 12.7 Å². The molecule has 0 radical (unpaired) electrons. The van der Waals surface area contributed by atoms with Crippen molar-refractivity contribution in [2.45, 2.75) is 39.5 Å². The number of benzene rings is 1. The van der Waals surface area contributed by atoms with E-state index in [1.807, 2.05) is 39.8 Å². The zero-order valence-electron chi connectivity index (χ0n) is 17.0. The van der Waals surface area contributed by atoms with Crippen LogP contribution in [0.25, 0.3) is 16.6 Å². The maximum atomic E-state index is 14.1. The number of hydrogen-bond acceptors (Lipinski definition) is 7. The lowest BCUT2D eigenvalue weighted by Crippen LogP contribution is -2.23. The molecule has 1 aliphatic heterocycles. The minimum absolute atomic E-state index is 0.237. The molecule has 0 spiro atoms. The number of aliphatic imine (C=N–C) groups is 1. The van der Waals surface area contributed by atoms with E-state index in [1.165, 1.54) is 12.1 Å². The lowest BCUT2D eigenvalue weighted by Gasteiger charge is -2.15. The van der Waals surface area contributed by atoms with Crippen LogP contribution in [0.4, 0.5) is 10.2 Å². The van der Waals surface area contributed by atoms with Gasteiger partial charge in [0.1, 0.15) is 23.0 Å². The largest absolute Gasteiger partial charge is 0.461 e. The number of furan rings is 1. The van der Waals surface area contributed by atoms with Gasteiger partial charge in [-0.25, -0.2) is 29.2 Å². The predicted octanol–water partition coefficient (Wildman–Crippen LogP) is 4.11. The minimum atomic E-state index is -0.655. The molecule has 5 rings (SSSR count). The molecule has 1 atom stereocenters. The summed E-state index contributed by atoms with van der Waals surface area (Å²) in [6.07, 6.45) is 3.49. The Labute approximate surface area is 171 Å². The van der Waals surface area contributed by atoms with Crippen LogP contribution in [0.2, 0.25) is 0 Å². The fraction of sp³-hybridized carbons (Fsp3) is 0.286. The van der Waals surface area contributed by atoms with Crippen LogP contribution in [-0.4, -0.2) is 26.2 Å². The Morgan fingerprint density at radius 2 is 2.10 bits per heavy atom. The van der Waals surface area contributed by atoms with Crippen molar-refractivity contribution < 1.29 is 13.6 Å². The lowest BCUT2D eigenvalue weighted by molar-refractivity contribution is -0.0269. The van der Waals surface area contributed by atoms with E-state index in [0.717, 1.165) is 22.3 Å². The van der Waals surface area contributed by atoms with Gasteiger partial charge in [0.15, 0.2) is 17.2 Å². The van der Waals surface area contributed by atoms with Gasteiger partial charge >= 0.3 is 0 Å². The summed E-state index contributed by atoms with van der Waals surface area (Å²) in [5.41, 5.74) is 4.93. The molecule has 1 aliphatic rings. The summed E-state index contributed by atoms with van der Waals surface area (Å²) in [4.78, 5) is 14.7. The molecule has 0 aliphatic carbocycles. The van der Waals surface area contributed by atoms with E-state index in [2.05, 4.69) is 25.9 Å². The number of anilines is 1. The van der Waals surface area contributed by atoms with Crippen LogP contribution < -0.4 is 10.8 Å². The third kappa shape index (κ3) is 3.17. The number of hydroxylamine groups is 1. The van der Waals surface area contributed by atoms with Crippen LogP contribution in [0.5, 0.6) is 0 Å². The van der Waals surface area contributed by atoms with Crippen molar-refractivity contribution in [3.05, 3.63) is 59.4 Å². The fourth-order valence-electron chi connectivity index (χ4n) is 3.61. The molecule has 0 amide bonds. The second kappa shape index (κ2) is 6.53. The van der Waals surface area contributed by atoms with E-state index >= 15 is 0 Å². The molecule has 0 fully saturated rings. The van der Waals surface area contributed by atoms with Gasteiger partial charge in [-0.2, -0.15) is 5.10 Å². The molecule has 2 N–H and O–H groups in total. The number of halogens is 1. The summed E-state index contributed by atoms with van der Waals surface area (Å²) in [6.45, 7) is 7.50. The maximum Gasteiger partial charge on any atom is 0.182 e. The highest BCUT2D eigenvalue weighted by Gasteiger charge is 2.28. The number of nitrogens with zero attached hydrogens (tertiary/aromatic N) is 4. The van der Waals surface area contributed by atoms with E-state index in [0.29, 0.717) is 22.9 Å². The van der Waals surface area contributed by atoms with Crippen molar-refractivity contribution in [1.29, 1.82) is 0 Å². The minimum Gasteiger partial charge on any atom is -0.461 e. The van der Waals surface area contributed by atoms with Gasteiger partial charge in [-0.15, -0.1) is 0 Å². The van der Waals surface area contributed by atoms with Crippen molar-refractivity contribution in [3.8, 4) is 0 Å². The van der Waals surface area contributed by atoms with Gasteiger partial charge in [0, 0.05) is 17.1 Å². The van der Waals surface area contributed by atoms with Gasteiger partial charge in [-0.05, 0) is 52.0 Å². The smallest absolute Gasteiger partial charge is 0.182 e. The molecule has 8 nitrogen and oxygen atoms in total. The summed E-state index contributed by atoms with van der Waals surface area (Å²) in [5, 5.41) is 8.40. The monoisotopic (exact) mass is 408 g/mol. The molecule has 0 saturated carbocycles. The SMILES string of the molecule is Cc1cc2cc(F)cc([C@@H](C)Nc3ccn4ncc(C5=NC(C)(C)ON5)c4n3)c2o1. The average Bonchev–Trinajstić information content (AvgIpc) is 3.36. The average molecular weight is 408 g/mol. The first-order chi connectivity index (χ1) is 14.3. The van der Waals surface area contributed by atoms with E-state index in [-0.39, 0.29) is 11.9 Å². The second-order valence-corrected chi connectivity index (χ2v) is 7.89. The molecule has 0 saturated heterocycles. The van der Waals surface area contributed by atoms with Gasteiger partial charge in [-0.3, -0.25) is 0 Å². The van der Waals surface area contributed by atoms with Crippen LogP contribution in [0.1, 0.15) is 43.7 Å². The van der Waals surface area contributed by atoms with E-state index < -0.39 is 5.72 Å². The van der Waals surface area contributed by atoms with E-state index in [1.54, 1.807) is 16.9 Å². The number of fused-ring (bicyclic) bond motifs is 2. The molecule has 9 heteroatoms.